The molecule has 0 aliphatic rings. The Morgan fingerprint density at radius 1 is 1.44 bits per heavy atom. The summed E-state index contributed by atoms with van der Waals surface area (Å²) in [5, 5.41) is 0.300. The first-order valence-corrected chi connectivity index (χ1v) is 5.31. The van der Waals surface area contributed by atoms with Crippen molar-refractivity contribution in [1.82, 2.24) is 9.88 Å². The van der Waals surface area contributed by atoms with Crippen molar-refractivity contribution in [2.45, 2.75) is 13.0 Å². The van der Waals surface area contributed by atoms with Crippen LogP contribution in [0.4, 0.5) is 8.78 Å². The summed E-state index contributed by atoms with van der Waals surface area (Å²) in [6.45, 7) is -5.27. The Kier molecular flexibility index (Phi) is 2.52. The lowest BCUT2D eigenvalue weighted by Crippen LogP contribution is -2.14. The summed E-state index contributed by atoms with van der Waals surface area (Å²) in [6, 6.07) is 4.10. The second-order valence-electron chi connectivity index (χ2n) is 3.92. The van der Waals surface area contributed by atoms with Crippen LogP contribution in [0.1, 0.15) is 11.0 Å². The molecule has 0 aliphatic heterocycles. The Hall–Kier alpha value is -1.62. The highest BCUT2D eigenvalue weighted by Crippen LogP contribution is 2.25. The van der Waals surface area contributed by atoms with E-state index in [2.05, 4.69) is 9.72 Å². The molecule has 18 heavy (non-hydrogen) atoms. The number of ether oxygens (including phenoxy) is 1. The molecule has 0 spiro atoms. The van der Waals surface area contributed by atoms with Gasteiger partial charge in [-0.25, -0.2) is 0 Å². The average Bonchev–Trinajstić information content (AvgIpc) is 2.81. The predicted molar refractivity (Wildman–Crippen MR) is 67.2 cm³/mol. The molecule has 0 radical (unpaired) electrons. The maximum absolute atomic E-state index is 12.3. The Bertz CT molecular complexity index is 673. The fourth-order valence-corrected chi connectivity index (χ4v) is 1.55. The van der Waals surface area contributed by atoms with E-state index in [1.807, 2.05) is 0 Å². The monoisotopic (exact) mass is 258 g/mol. The number of hydrogen-bond acceptors (Lipinski definition) is 2. The van der Waals surface area contributed by atoms with Crippen LogP contribution in [-0.4, -0.2) is 37.1 Å². The van der Waals surface area contributed by atoms with Crippen LogP contribution in [0.5, 0.6) is 5.75 Å². The van der Waals surface area contributed by atoms with Gasteiger partial charge >= 0.3 is 6.61 Å². The number of fused-ring (bicyclic) bond motifs is 1. The van der Waals surface area contributed by atoms with Gasteiger partial charge in [0.25, 0.3) is 0 Å². The van der Waals surface area contributed by atoms with Crippen LogP contribution in [0.15, 0.2) is 24.4 Å². The third-order valence-corrected chi connectivity index (χ3v) is 2.29. The number of aryl methyl sites for hydroxylation is 1. The number of aromatic nitrogens is 1. The molecule has 2 rings (SSSR count). The largest absolute Gasteiger partial charge is 0.435 e. The van der Waals surface area contributed by atoms with E-state index in [1.54, 1.807) is 0 Å². The zero-order valence-corrected chi connectivity index (χ0v) is 10.00. The fraction of sp³-hybridized carbons (Fsp3) is 0.385. The van der Waals surface area contributed by atoms with Crippen LogP contribution in [0, 0.1) is 0 Å². The molecule has 0 saturated carbocycles. The molecule has 0 atom stereocenters. The molecular weight excluding hydrogens is 238 g/mol. The van der Waals surface area contributed by atoms with Gasteiger partial charge in [-0.15, -0.1) is 0 Å². The van der Waals surface area contributed by atoms with Gasteiger partial charge in [0.2, 0.25) is 0 Å². The van der Waals surface area contributed by atoms with Gasteiger partial charge in [0.05, 0.1) is 0 Å². The highest BCUT2D eigenvalue weighted by atomic mass is 19.3. The molecule has 3 nitrogen and oxygen atoms in total. The van der Waals surface area contributed by atoms with E-state index < -0.39 is 19.5 Å². The molecular formula is C13H16F2N2O. The van der Waals surface area contributed by atoms with Crippen LogP contribution < -0.4 is 4.74 Å². The summed E-state index contributed by atoms with van der Waals surface area (Å²) in [6.07, 6.45) is -1.02. The van der Waals surface area contributed by atoms with E-state index in [0.29, 0.717) is 10.9 Å². The normalized spacial score (nSPS) is 16.6. The molecule has 1 aromatic carbocycles. The van der Waals surface area contributed by atoms with Crippen molar-refractivity contribution in [3.63, 3.8) is 0 Å². The number of aromatic amines is 1. The summed E-state index contributed by atoms with van der Waals surface area (Å²) < 4.78 is 61.1. The lowest BCUT2D eigenvalue weighted by Gasteiger charge is -2.08. The van der Waals surface area contributed by atoms with E-state index in [-0.39, 0.29) is 11.3 Å². The Morgan fingerprint density at radius 3 is 2.89 bits per heavy atom. The molecule has 1 N–H and O–H groups in total. The summed E-state index contributed by atoms with van der Waals surface area (Å²) in [5.74, 6) is -0.107. The van der Waals surface area contributed by atoms with Crippen LogP contribution in [0.25, 0.3) is 10.9 Å². The third-order valence-electron chi connectivity index (χ3n) is 2.29. The van der Waals surface area contributed by atoms with Gasteiger partial charge in [-0.3, -0.25) is 0 Å². The third kappa shape index (κ3) is 2.98. The maximum Gasteiger partial charge on any atom is 0.387 e. The minimum Gasteiger partial charge on any atom is -0.435 e. The molecule has 0 amide bonds. The zero-order chi connectivity index (χ0) is 16.7. The van der Waals surface area contributed by atoms with Gasteiger partial charge < -0.3 is 14.6 Å². The van der Waals surface area contributed by atoms with E-state index in [4.69, 9.17) is 5.48 Å². The number of likely N-dealkylation sites (N-methyl/N-ethyl adjacent to an activating group) is 1. The summed E-state index contributed by atoms with van der Waals surface area (Å²) >= 11 is 0. The zero-order valence-electron chi connectivity index (χ0n) is 14.0. The van der Waals surface area contributed by atoms with Crippen molar-refractivity contribution >= 4 is 10.9 Å². The Balaban J connectivity index is 2.55. The van der Waals surface area contributed by atoms with E-state index in [9.17, 15) is 8.78 Å². The SMILES string of the molecule is [2H]C([2H])(c1c[nH]c2ccc(OC(F)F)cc12)C([2H])([2H])N(C)C. The van der Waals surface area contributed by atoms with Gasteiger partial charge in [-0.05, 0) is 44.2 Å². The molecule has 0 fully saturated rings. The minimum absolute atomic E-state index is 0.0425. The summed E-state index contributed by atoms with van der Waals surface area (Å²) in [7, 11) is 2.86. The van der Waals surface area contributed by atoms with Gasteiger partial charge in [-0.1, -0.05) is 0 Å². The van der Waals surface area contributed by atoms with E-state index >= 15 is 0 Å². The maximum atomic E-state index is 12.3. The number of halogens is 2. The van der Waals surface area contributed by atoms with E-state index in [0.717, 1.165) is 4.90 Å². The van der Waals surface area contributed by atoms with Crippen molar-refractivity contribution in [2.75, 3.05) is 20.6 Å². The second-order valence-corrected chi connectivity index (χ2v) is 3.92. The topological polar surface area (TPSA) is 28.3 Å². The number of nitrogens with one attached hydrogen (secondary N) is 1. The van der Waals surface area contributed by atoms with Gasteiger partial charge in [0.1, 0.15) is 5.75 Å². The van der Waals surface area contributed by atoms with Crippen LogP contribution in [-0.2, 0) is 6.37 Å². The quantitative estimate of drug-likeness (QED) is 0.893. The number of H-pyrrole nitrogens is 1. The Morgan fingerprint density at radius 2 is 2.22 bits per heavy atom. The van der Waals surface area contributed by atoms with Gasteiger partial charge in [0.15, 0.2) is 0 Å². The summed E-state index contributed by atoms with van der Waals surface area (Å²) in [4.78, 5) is 3.95. The smallest absolute Gasteiger partial charge is 0.387 e. The number of benzene rings is 1. The standard InChI is InChI=1S/C13H16F2N2O/c1-17(2)6-5-9-8-16-12-4-3-10(7-11(9)12)18-13(14)15/h3-4,7-8,13,16H,5-6H2,1-2H3/i5D2,6D2. The molecule has 98 valence electrons. The number of nitrogens with zero attached hydrogens (tertiary/aromatic N) is 1. The minimum atomic E-state index is -2.98. The lowest BCUT2D eigenvalue weighted by atomic mass is 10.1. The van der Waals surface area contributed by atoms with Crippen LogP contribution >= 0.6 is 0 Å². The first kappa shape index (κ1) is 8.48. The molecule has 0 aliphatic carbocycles. The van der Waals surface area contributed by atoms with Crippen molar-refractivity contribution in [1.29, 1.82) is 0 Å². The second kappa shape index (κ2) is 5.35. The molecule has 0 saturated heterocycles. The first-order chi connectivity index (χ1) is 10.1. The molecule has 0 bridgehead atoms. The Labute approximate surface area is 110 Å². The summed E-state index contributed by atoms with van der Waals surface area (Å²) in [5.41, 5.74) is 0.552. The van der Waals surface area contributed by atoms with Crippen molar-refractivity contribution < 1.29 is 19.0 Å². The van der Waals surface area contributed by atoms with Crippen molar-refractivity contribution in [2.24, 2.45) is 0 Å². The number of rotatable bonds is 5. The molecule has 1 heterocycles. The molecule has 2 aromatic rings. The van der Waals surface area contributed by atoms with Gasteiger partial charge in [0, 0.05) is 29.1 Å². The van der Waals surface area contributed by atoms with Crippen LogP contribution in [0.3, 0.4) is 0 Å². The highest BCUT2D eigenvalue weighted by Gasteiger charge is 2.08. The first-order valence-electron chi connectivity index (χ1n) is 7.31. The van der Waals surface area contributed by atoms with Crippen LogP contribution in [0.2, 0.25) is 0 Å². The van der Waals surface area contributed by atoms with E-state index in [1.165, 1.54) is 38.5 Å². The molecule has 0 unspecified atom stereocenters. The predicted octanol–water partition coefficient (Wildman–Crippen LogP) is 2.87. The molecule has 1 aromatic heterocycles. The average molecular weight is 258 g/mol. The molecule has 5 heteroatoms. The number of hydrogen-bond donors (Lipinski definition) is 1. The lowest BCUT2D eigenvalue weighted by molar-refractivity contribution is -0.0497. The van der Waals surface area contributed by atoms with Gasteiger partial charge in [-0.2, -0.15) is 8.78 Å². The fourth-order valence-electron chi connectivity index (χ4n) is 1.55. The highest BCUT2D eigenvalue weighted by molar-refractivity contribution is 5.84. The van der Waals surface area contributed by atoms with Crippen molar-refractivity contribution in [3.8, 4) is 5.75 Å². The van der Waals surface area contributed by atoms with Crippen molar-refractivity contribution in [3.05, 3.63) is 30.0 Å². The number of alkyl halides is 2.